The molecule has 7 nitrogen and oxygen atoms in total. The van der Waals surface area contributed by atoms with Crippen molar-refractivity contribution in [2.75, 3.05) is 23.0 Å². The molecule has 0 radical (unpaired) electrons. The Morgan fingerprint density at radius 2 is 2.04 bits per heavy atom. The lowest BCUT2D eigenvalue weighted by molar-refractivity contribution is -0.133. The molecule has 3 rings (SSSR count). The molecule has 2 aliphatic rings. The van der Waals surface area contributed by atoms with E-state index in [9.17, 15) is 18.0 Å². The zero-order valence-electron chi connectivity index (χ0n) is 14.4. The number of rotatable bonds is 5. The van der Waals surface area contributed by atoms with Gasteiger partial charge in [0.25, 0.3) is 5.91 Å². The molecule has 1 aromatic rings. The zero-order valence-corrected chi connectivity index (χ0v) is 15.2. The molecule has 1 fully saturated rings. The van der Waals surface area contributed by atoms with E-state index in [2.05, 4.69) is 11.7 Å². The summed E-state index contributed by atoms with van der Waals surface area (Å²) < 4.78 is 23.4. The number of hydrogen-bond donors (Lipinski definition) is 0. The lowest BCUT2D eigenvalue weighted by atomic mass is 10.1. The van der Waals surface area contributed by atoms with Gasteiger partial charge >= 0.3 is 0 Å². The van der Waals surface area contributed by atoms with Crippen molar-refractivity contribution in [1.29, 1.82) is 0 Å². The van der Waals surface area contributed by atoms with Crippen molar-refractivity contribution < 1.29 is 18.0 Å². The summed E-state index contributed by atoms with van der Waals surface area (Å²) in [6, 6.07) is 8.68. The maximum absolute atomic E-state index is 13.0. The van der Waals surface area contributed by atoms with Crippen LogP contribution in [0.5, 0.6) is 0 Å². The second kappa shape index (κ2) is 7.41. The lowest BCUT2D eigenvalue weighted by Crippen LogP contribution is -2.45. The van der Waals surface area contributed by atoms with Crippen molar-refractivity contribution >= 4 is 33.1 Å². The third-order valence-electron chi connectivity index (χ3n) is 4.49. The maximum Gasteiger partial charge on any atom is 0.274 e. The predicted octanol–water partition coefficient (Wildman–Crippen LogP) is 1.37. The molecule has 1 atom stereocenters. The molecule has 2 amide bonds. The third kappa shape index (κ3) is 3.85. The highest BCUT2D eigenvalue weighted by atomic mass is 32.2. The highest BCUT2D eigenvalue weighted by Crippen LogP contribution is 2.23. The van der Waals surface area contributed by atoms with Crippen molar-refractivity contribution in [3.05, 3.63) is 43.0 Å². The smallest absolute Gasteiger partial charge is 0.274 e. The number of para-hydroxylation sites is 1. The Bertz CT molecular complexity index is 848. The molecule has 0 aliphatic carbocycles. The number of benzene rings is 1. The fraction of sp³-hybridized carbons (Fsp3) is 0.389. The fourth-order valence-electron chi connectivity index (χ4n) is 3.18. The molecule has 0 saturated carbocycles. The molecule has 1 aromatic carbocycles. The molecule has 8 heteroatoms. The van der Waals surface area contributed by atoms with Crippen molar-refractivity contribution in [2.24, 2.45) is 5.10 Å². The van der Waals surface area contributed by atoms with Gasteiger partial charge in [0, 0.05) is 25.1 Å². The Labute approximate surface area is 152 Å². The van der Waals surface area contributed by atoms with Crippen LogP contribution in [0.25, 0.3) is 0 Å². The van der Waals surface area contributed by atoms with Gasteiger partial charge < -0.3 is 4.90 Å². The van der Waals surface area contributed by atoms with E-state index in [0.29, 0.717) is 18.7 Å². The van der Waals surface area contributed by atoms with Gasteiger partial charge in [0.15, 0.2) is 9.84 Å². The summed E-state index contributed by atoms with van der Waals surface area (Å²) >= 11 is 0. The first kappa shape index (κ1) is 18.3. The minimum Gasteiger partial charge on any atom is -0.303 e. The lowest BCUT2D eigenvalue weighted by Gasteiger charge is -2.29. The monoisotopic (exact) mass is 375 g/mol. The van der Waals surface area contributed by atoms with Crippen LogP contribution in [0.4, 0.5) is 5.69 Å². The van der Waals surface area contributed by atoms with Gasteiger partial charge in [0.2, 0.25) is 5.91 Å². The van der Waals surface area contributed by atoms with Gasteiger partial charge in [-0.25, -0.2) is 13.4 Å². The molecule has 138 valence electrons. The Kier molecular flexibility index (Phi) is 5.22. The Hall–Kier alpha value is -2.48. The summed E-state index contributed by atoms with van der Waals surface area (Å²) in [4.78, 5) is 26.7. The average Bonchev–Trinajstić information content (AvgIpc) is 3.00. The number of hydrazone groups is 1. The highest BCUT2D eigenvalue weighted by Gasteiger charge is 2.37. The number of anilines is 1. The summed E-state index contributed by atoms with van der Waals surface area (Å²) in [5.41, 5.74) is 0.978. The van der Waals surface area contributed by atoms with E-state index in [4.69, 9.17) is 0 Å². The second-order valence-corrected chi connectivity index (χ2v) is 8.61. The molecule has 0 bridgehead atoms. The minimum absolute atomic E-state index is 0.0485. The first-order valence-electron chi connectivity index (χ1n) is 8.49. The summed E-state index contributed by atoms with van der Waals surface area (Å²) in [5, 5.41) is 5.46. The maximum atomic E-state index is 13.0. The van der Waals surface area contributed by atoms with Gasteiger partial charge in [-0.2, -0.15) is 5.10 Å². The van der Waals surface area contributed by atoms with Crippen LogP contribution in [-0.4, -0.2) is 55.0 Å². The summed E-state index contributed by atoms with van der Waals surface area (Å²) in [6.07, 6.45) is 2.38. The van der Waals surface area contributed by atoms with E-state index in [1.54, 1.807) is 11.0 Å². The van der Waals surface area contributed by atoms with Gasteiger partial charge in [0.05, 0.1) is 17.5 Å². The largest absolute Gasteiger partial charge is 0.303 e. The summed E-state index contributed by atoms with van der Waals surface area (Å²) in [6.45, 7) is 4.01. The van der Waals surface area contributed by atoms with E-state index >= 15 is 0 Å². The predicted molar refractivity (Wildman–Crippen MR) is 99.6 cm³/mol. The van der Waals surface area contributed by atoms with E-state index in [1.165, 1.54) is 5.01 Å². The van der Waals surface area contributed by atoms with E-state index in [-0.39, 0.29) is 41.9 Å². The Morgan fingerprint density at radius 1 is 1.31 bits per heavy atom. The molecule has 1 saturated heterocycles. The van der Waals surface area contributed by atoms with Crippen LogP contribution in [0, 0.1) is 0 Å². The first-order chi connectivity index (χ1) is 12.4. The average molecular weight is 375 g/mol. The van der Waals surface area contributed by atoms with Crippen molar-refractivity contribution in [1.82, 2.24) is 5.01 Å². The van der Waals surface area contributed by atoms with Crippen LogP contribution >= 0.6 is 0 Å². The normalized spacial score (nSPS) is 22.0. The summed E-state index contributed by atoms with van der Waals surface area (Å²) in [5.74, 6) is -0.584. The zero-order chi connectivity index (χ0) is 18.7. The van der Waals surface area contributed by atoms with Crippen LogP contribution < -0.4 is 4.90 Å². The molecule has 2 heterocycles. The highest BCUT2D eigenvalue weighted by molar-refractivity contribution is 7.91. The van der Waals surface area contributed by atoms with Crippen LogP contribution in [0.15, 0.2) is 48.1 Å². The SMILES string of the molecule is C=CCN(C(=O)C1=NN(C2CCS(=O)(=O)C2)C(=O)CC1)c1ccccc1. The first-order valence-corrected chi connectivity index (χ1v) is 10.3. The minimum atomic E-state index is -3.15. The Balaban J connectivity index is 1.86. The van der Waals surface area contributed by atoms with Crippen LogP contribution in [0.1, 0.15) is 19.3 Å². The topological polar surface area (TPSA) is 87.1 Å². The van der Waals surface area contributed by atoms with Crippen LogP contribution in [0.2, 0.25) is 0 Å². The standard InChI is InChI=1S/C18H21N3O4S/c1-2-11-20(14-6-4-3-5-7-14)18(23)16-8-9-17(22)21(19-16)15-10-12-26(24,25)13-15/h2-7,15H,1,8-13H2. The number of amides is 2. The van der Waals surface area contributed by atoms with E-state index in [1.807, 2.05) is 30.3 Å². The molecule has 0 spiro atoms. The van der Waals surface area contributed by atoms with Crippen LogP contribution in [-0.2, 0) is 19.4 Å². The van der Waals surface area contributed by atoms with E-state index < -0.39 is 15.9 Å². The van der Waals surface area contributed by atoms with E-state index in [0.717, 1.165) is 0 Å². The third-order valence-corrected chi connectivity index (χ3v) is 6.24. The number of nitrogens with zero attached hydrogens (tertiary/aromatic N) is 3. The molecule has 26 heavy (non-hydrogen) atoms. The van der Waals surface area contributed by atoms with Gasteiger partial charge in [-0.1, -0.05) is 24.3 Å². The van der Waals surface area contributed by atoms with Crippen molar-refractivity contribution in [2.45, 2.75) is 25.3 Å². The fourth-order valence-corrected chi connectivity index (χ4v) is 4.87. The molecule has 0 N–H and O–H groups in total. The quantitative estimate of drug-likeness (QED) is 0.728. The Morgan fingerprint density at radius 3 is 2.65 bits per heavy atom. The number of hydrogen-bond acceptors (Lipinski definition) is 5. The molecule has 1 unspecified atom stereocenters. The number of carbonyl (C=O) groups is 2. The molecule has 2 aliphatic heterocycles. The van der Waals surface area contributed by atoms with Gasteiger partial charge in [-0.05, 0) is 18.6 Å². The molecular weight excluding hydrogens is 354 g/mol. The van der Waals surface area contributed by atoms with Gasteiger partial charge in [0.1, 0.15) is 5.71 Å². The number of sulfone groups is 1. The van der Waals surface area contributed by atoms with Crippen LogP contribution in [0.3, 0.4) is 0 Å². The second-order valence-electron chi connectivity index (χ2n) is 6.38. The van der Waals surface area contributed by atoms with Crippen molar-refractivity contribution in [3.63, 3.8) is 0 Å². The number of carbonyl (C=O) groups excluding carboxylic acids is 2. The summed E-state index contributed by atoms with van der Waals surface area (Å²) in [7, 11) is -3.15. The van der Waals surface area contributed by atoms with Gasteiger partial charge in [-0.15, -0.1) is 6.58 Å². The molecule has 0 aromatic heterocycles. The molecular formula is C18H21N3O4S. The van der Waals surface area contributed by atoms with Gasteiger partial charge in [-0.3, -0.25) is 9.59 Å². The van der Waals surface area contributed by atoms with Crippen molar-refractivity contribution in [3.8, 4) is 0 Å².